The predicted molar refractivity (Wildman–Crippen MR) is 86.0 cm³/mol. The Morgan fingerprint density at radius 3 is 2.50 bits per heavy atom. The molecule has 0 saturated heterocycles. The second-order valence-electron chi connectivity index (χ2n) is 7.16. The lowest BCUT2D eigenvalue weighted by Crippen LogP contribution is -2.28. The van der Waals surface area contributed by atoms with E-state index in [2.05, 4.69) is 43.1 Å². The number of fused-ring (bicyclic) bond motifs is 2. The van der Waals surface area contributed by atoms with E-state index in [1.165, 1.54) is 43.5 Å². The SMILES string of the molecule is CC(N)Cc1ccc(N(C)CC2CC3CCC2C3)cc1. The van der Waals surface area contributed by atoms with Crippen LogP contribution in [0.3, 0.4) is 0 Å². The third kappa shape index (κ3) is 3.01. The highest BCUT2D eigenvalue weighted by Gasteiger charge is 2.39. The van der Waals surface area contributed by atoms with Gasteiger partial charge in [-0.05, 0) is 68.1 Å². The van der Waals surface area contributed by atoms with Gasteiger partial charge >= 0.3 is 0 Å². The van der Waals surface area contributed by atoms with Crippen LogP contribution in [0.5, 0.6) is 0 Å². The van der Waals surface area contributed by atoms with E-state index in [-0.39, 0.29) is 6.04 Å². The summed E-state index contributed by atoms with van der Waals surface area (Å²) in [6.07, 6.45) is 6.92. The number of nitrogens with zero attached hydrogens (tertiary/aromatic N) is 1. The first kappa shape index (κ1) is 13.9. The maximum Gasteiger partial charge on any atom is 0.0363 e. The molecule has 0 aliphatic heterocycles. The number of hydrogen-bond donors (Lipinski definition) is 1. The Labute approximate surface area is 123 Å². The molecule has 4 atom stereocenters. The molecule has 0 spiro atoms. The fourth-order valence-corrected chi connectivity index (χ4v) is 4.32. The van der Waals surface area contributed by atoms with Crippen molar-refractivity contribution in [1.29, 1.82) is 0 Å². The highest BCUT2D eigenvalue weighted by molar-refractivity contribution is 5.47. The summed E-state index contributed by atoms with van der Waals surface area (Å²) in [6, 6.07) is 9.22. The van der Waals surface area contributed by atoms with Crippen molar-refractivity contribution in [3.05, 3.63) is 29.8 Å². The summed E-state index contributed by atoms with van der Waals surface area (Å²) < 4.78 is 0. The summed E-state index contributed by atoms with van der Waals surface area (Å²) in [5, 5.41) is 0. The van der Waals surface area contributed by atoms with Crippen molar-refractivity contribution < 1.29 is 0 Å². The maximum atomic E-state index is 5.86. The molecule has 2 fully saturated rings. The van der Waals surface area contributed by atoms with Crippen LogP contribution in [0.25, 0.3) is 0 Å². The fourth-order valence-electron chi connectivity index (χ4n) is 4.32. The zero-order valence-electron chi connectivity index (χ0n) is 12.9. The topological polar surface area (TPSA) is 29.3 Å². The van der Waals surface area contributed by atoms with Gasteiger partial charge in [-0.25, -0.2) is 0 Å². The molecule has 2 aliphatic rings. The van der Waals surface area contributed by atoms with Crippen LogP contribution in [0, 0.1) is 17.8 Å². The first-order chi connectivity index (χ1) is 9.61. The van der Waals surface area contributed by atoms with Crippen molar-refractivity contribution in [1.82, 2.24) is 0 Å². The smallest absolute Gasteiger partial charge is 0.0363 e. The number of anilines is 1. The molecule has 0 amide bonds. The van der Waals surface area contributed by atoms with Crippen LogP contribution in [-0.2, 0) is 6.42 Å². The molecule has 2 nitrogen and oxygen atoms in total. The van der Waals surface area contributed by atoms with Crippen molar-refractivity contribution >= 4 is 5.69 Å². The Kier molecular flexibility index (Phi) is 4.02. The van der Waals surface area contributed by atoms with Crippen LogP contribution >= 0.6 is 0 Å². The molecule has 2 saturated carbocycles. The zero-order valence-corrected chi connectivity index (χ0v) is 12.9. The number of hydrogen-bond acceptors (Lipinski definition) is 2. The van der Waals surface area contributed by atoms with Gasteiger partial charge in [0.25, 0.3) is 0 Å². The molecule has 0 aromatic heterocycles. The van der Waals surface area contributed by atoms with Gasteiger partial charge in [0, 0.05) is 25.3 Å². The zero-order chi connectivity index (χ0) is 14.1. The van der Waals surface area contributed by atoms with Gasteiger partial charge in [-0.2, -0.15) is 0 Å². The second kappa shape index (κ2) is 5.77. The average molecular weight is 272 g/mol. The minimum atomic E-state index is 0.243. The van der Waals surface area contributed by atoms with E-state index in [1.807, 2.05) is 0 Å². The average Bonchev–Trinajstić information content (AvgIpc) is 3.01. The molecule has 2 heteroatoms. The molecule has 110 valence electrons. The van der Waals surface area contributed by atoms with Gasteiger partial charge in [-0.3, -0.25) is 0 Å². The highest BCUT2D eigenvalue weighted by Crippen LogP contribution is 2.48. The van der Waals surface area contributed by atoms with Gasteiger partial charge in [0.2, 0.25) is 0 Å². The van der Waals surface area contributed by atoms with E-state index in [0.29, 0.717) is 0 Å². The van der Waals surface area contributed by atoms with Crippen LogP contribution in [-0.4, -0.2) is 19.6 Å². The largest absolute Gasteiger partial charge is 0.374 e. The van der Waals surface area contributed by atoms with E-state index in [1.54, 1.807) is 0 Å². The fraction of sp³-hybridized carbons (Fsp3) is 0.667. The normalized spacial score (nSPS) is 29.6. The molecular weight excluding hydrogens is 244 g/mol. The predicted octanol–water partition coefficient (Wildman–Crippen LogP) is 3.45. The lowest BCUT2D eigenvalue weighted by Gasteiger charge is -2.28. The Hall–Kier alpha value is -1.02. The van der Waals surface area contributed by atoms with Crippen molar-refractivity contribution in [2.75, 3.05) is 18.5 Å². The van der Waals surface area contributed by atoms with Crippen molar-refractivity contribution in [2.45, 2.75) is 45.1 Å². The Balaban J connectivity index is 1.58. The second-order valence-corrected chi connectivity index (χ2v) is 7.16. The number of benzene rings is 1. The molecule has 2 bridgehead atoms. The first-order valence-corrected chi connectivity index (χ1v) is 8.17. The first-order valence-electron chi connectivity index (χ1n) is 8.17. The van der Waals surface area contributed by atoms with Crippen molar-refractivity contribution in [2.24, 2.45) is 23.5 Å². The number of nitrogens with two attached hydrogens (primary N) is 1. The third-order valence-corrected chi connectivity index (χ3v) is 5.33. The van der Waals surface area contributed by atoms with E-state index in [4.69, 9.17) is 5.73 Å². The van der Waals surface area contributed by atoms with Crippen LogP contribution < -0.4 is 10.6 Å². The molecule has 2 N–H and O–H groups in total. The molecule has 2 aliphatic carbocycles. The lowest BCUT2D eigenvalue weighted by atomic mass is 9.88. The summed E-state index contributed by atoms with van der Waals surface area (Å²) in [7, 11) is 2.24. The van der Waals surface area contributed by atoms with E-state index >= 15 is 0 Å². The van der Waals surface area contributed by atoms with Crippen LogP contribution in [0.1, 0.15) is 38.2 Å². The monoisotopic (exact) mass is 272 g/mol. The molecular formula is C18H28N2. The quantitative estimate of drug-likeness (QED) is 0.889. The Morgan fingerprint density at radius 2 is 1.95 bits per heavy atom. The van der Waals surface area contributed by atoms with Crippen LogP contribution in [0.15, 0.2) is 24.3 Å². The van der Waals surface area contributed by atoms with E-state index in [0.717, 1.165) is 24.2 Å². The molecule has 3 rings (SSSR count). The minimum Gasteiger partial charge on any atom is -0.374 e. The summed E-state index contributed by atoms with van der Waals surface area (Å²) in [5.41, 5.74) is 8.55. The standard InChI is InChI=1S/C18H28N2/c1-13(19)9-14-4-7-18(8-5-14)20(2)12-17-11-15-3-6-16(17)10-15/h4-5,7-8,13,15-17H,3,6,9-12,19H2,1-2H3. The molecule has 1 aromatic carbocycles. The molecule has 0 radical (unpaired) electrons. The number of rotatable bonds is 5. The summed E-state index contributed by atoms with van der Waals surface area (Å²) >= 11 is 0. The molecule has 1 aromatic rings. The van der Waals surface area contributed by atoms with Crippen molar-refractivity contribution in [3.63, 3.8) is 0 Å². The van der Waals surface area contributed by atoms with Crippen LogP contribution in [0.4, 0.5) is 5.69 Å². The van der Waals surface area contributed by atoms with Gasteiger partial charge in [0.1, 0.15) is 0 Å². The van der Waals surface area contributed by atoms with E-state index in [9.17, 15) is 0 Å². The lowest BCUT2D eigenvalue weighted by molar-refractivity contribution is 0.337. The Morgan fingerprint density at radius 1 is 1.20 bits per heavy atom. The molecule has 20 heavy (non-hydrogen) atoms. The summed E-state index contributed by atoms with van der Waals surface area (Å²) in [4.78, 5) is 2.45. The van der Waals surface area contributed by atoms with Crippen LogP contribution in [0.2, 0.25) is 0 Å². The molecule has 4 unspecified atom stereocenters. The maximum absolute atomic E-state index is 5.86. The van der Waals surface area contributed by atoms with Gasteiger partial charge in [-0.15, -0.1) is 0 Å². The van der Waals surface area contributed by atoms with Gasteiger partial charge in [-0.1, -0.05) is 18.6 Å². The van der Waals surface area contributed by atoms with Gasteiger partial charge in [0.15, 0.2) is 0 Å². The van der Waals surface area contributed by atoms with Crippen molar-refractivity contribution in [3.8, 4) is 0 Å². The third-order valence-electron chi connectivity index (χ3n) is 5.33. The van der Waals surface area contributed by atoms with Gasteiger partial charge < -0.3 is 10.6 Å². The minimum absolute atomic E-state index is 0.243. The van der Waals surface area contributed by atoms with Gasteiger partial charge in [0.05, 0.1) is 0 Å². The Bertz CT molecular complexity index is 437. The van der Waals surface area contributed by atoms with E-state index < -0.39 is 0 Å². The highest BCUT2D eigenvalue weighted by atomic mass is 15.1. The summed E-state index contributed by atoms with van der Waals surface area (Å²) in [5.74, 6) is 2.99. The summed E-state index contributed by atoms with van der Waals surface area (Å²) in [6.45, 7) is 3.29. The molecule has 0 heterocycles.